The second-order valence-corrected chi connectivity index (χ2v) is 5.26. The van der Waals surface area contributed by atoms with Crippen molar-refractivity contribution in [3.63, 3.8) is 0 Å². The first-order valence-electron chi connectivity index (χ1n) is 7.43. The predicted molar refractivity (Wildman–Crippen MR) is 83.7 cm³/mol. The third-order valence-corrected chi connectivity index (χ3v) is 3.85. The molecule has 0 saturated heterocycles. The number of anilines is 1. The smallest absolute Gasteiger partial charge is 0.261 e. The Balaban J connectivity index is 2.30. The SMILES string of the molecule is CCc1noc(C)c1C(=O)Nc1ccccc1[C@H](C)CC. The van der Waals surface area contributed by atoms with Crippen molar-refractivity contribution in [2.24, 2.45) is 0 Å². The molecule has 1 N–H and O–H groups in total. The van der Waals surface area contributed by atoms with E-state index in [0.29, 0.717) is 29.4 Å². The lowest BCUT2D eigenvalue weighted by Crippen LogP contribution is -2.16. The first kappa shape index (κ1) is 15.3. The van der Waals surface area contributed by atoms with E-state index in [1.54, 1.807) is 6.92 Å². The van der Waals surface area contributed by atoms with Crippen LogP contribution in [0.25, 0.3) is 0 Å². The van der Waals surface area contributed by atoms with E-state index in [1.165, 1.54) is 0 Å². The Bertz CT molecular complexity index is 631. The number of hydrogen-bond acceptors (Lipinski definition) is 3. The molecule has 0 saturated carbocycles. The van der Waals surface area contributed by atoms with Gasteiger partial charge < -0.3 is 9.84 Å². The lowest BCUT2D eigenvalue weighted by molar-refractivity contribution is 0.102. The zero-order chi connectivity index (χ0) is 15.4. The van der Waals surface area contributed by atoms with Crippen LogP contribution in [0.5, 0.6) is 0 Å². The van der Waals surface area contributed by atoms with E-state index < -0.39 is 0 Å². The molecule has 1 atom stereocenters. The maximum atomic E-state index is 12.5. The summed E-state index contributed by atoms with van der Waals surface area (Å²) in [6.45, 7) is 8.03. The highest BCUT2D eigenvalue weighted by atomic mass is 16.5. The lowest BCUT2D eigenvalue weighted by Gasteiger charge is -2.15. The molecule has 0 unspecified atom stereocenters. The maximum Gasteiger partial charge on any atom is 0.261 e. The molecule has 4 heteroatoms. The summed E-state index contributed by atoms with van der Waals surface area (Å²) in [5.41, 5.74) is 3.27. The third-order valence-electron chi connectivity index (χ3n) is 3.85. The maximum absolute atomic E-state index is 12.5. The van der Waals surface area contributed by atoms with Gasteiger partial charge in [0.1, 0.15) is 11.3 Å². The van der Waals surface area contributed by atoms with Crippen molar-refractivity contribution in [3.8, 4) is 0 Å². The molecule has 0 spiro atoms. The van der Waals surface area contributed by atoms with E-state index in [2.05, 4.69) is 30.4 Å². The van der Waals surface area contributed by atoms with Crippen LogP contribution < -0.4 is 5.32 Å². The van der Waals surface area contributed by atoms with Crippen molar-refractivity contribution in [2.45, 2.75) is 46.5 Å². The zero-order valence-electron chi connectivity index (χ0n) is 13.1. The Kier molecular flexibility index (Phi) is 4.78. The van der Waals surface area contributed by atoms with Gasteiger partial charge in [-0.3, -0.25) is 4.79 Å². The molecule has 0 aliphatic carbocycles. The van der Waals surface area contributed by atoms with Gasteiger partial charge in [-0.05, 0) is 37.3 Å². The Labute approximate surface area is 125 Å². The van der Waals surface area contributed by atoms with E-state index in [1.807, 2.05) is 25.1 Å². The average Bonchev–Trinajstić information content (AvgIpc) is 2.88. The molecule has 112 valence electrons. The van der Waals surface area contributed by atoms with Gasteiger partial charge in [-0.2, -0.15) is 0 Å². The summed E-state index contributed by atoms with van der Waals surface area (Å²) in [6.07, 6.45) is 1.70. The van der Waals surface area contributed by atoms with Crippen molar-refractivity contribution in [1.29, 1.82) is 0 Å². The summed E-state index contributed by atoms with van der Waals surface area (Å²) < 4.78 is 5.13. The number of nitrogens with zero attached hydrogens (tertiary/aromatic N) is 1. The van der Waals surface area contributed by atoms with Gasteiger partial charge in [-0.25, -0.2) is 0 Å². The lowest BCUT2D eigenvalue weighted by atomic mass is 9.96. The fraction of sp³-hybridized carbons (Fsp3) is 0.412. The normalized spacial score (nSPS) is 12.2. The molecule has 1 amide bonds. The van der Waals surface area contributed by atoms with Gasteiger partial charge in [0.05, 0.1) is 5.69 Å². The summed E-state index contributed by atoms with van der Waals surface area (Å²) >= 11 is 0. The average molecular weight is 286 g/mol. The quantitative estimate of drug-likeness (QED) is 0.891. The number of aryl methyl sites for hydroxylation is 2. The van der Waals surface area contributed by atoms with Crippen LogP contribution in [0.2, 0.25) is 0 Å². The molecule has 0 fully saturated rings. The summed E-state index contributed by atoms with van der Waals surface area (Å²) in [5, 5.41) is 6.94. The molecule has 21 heavy (non-hydrogen) atoms. The molecule has 2 rings (SSSR count). The minimum absolute atomic E-state index is 0.152. The molecule has 0 bridgehead atoms. The number of hydrogen-bond donors (Lipinski definition) is 1. The number of carbonyl (C=O) groups is 1. The summed E-state index contributed by atoms with van der Waals surface area (Å²) in [6, 6.07) is 7.93. The number of carbonyl (C=O) groups excluding carboxylic acids is 1. The topological polar surface area (TPSA) is 55.1 Å². The van der Waals surface area contributed by atoms with Crippen molar-refractivity contribution in [1.82, 2.24) is 5.16 Å². The number of aromatic nitrogens is 1. The van der Waals surface area contributed by atoms with Gasteiger partial charge in [0, 0.05) is 5.69 Å². The second-order valence-electron chi connectivity index (χ2n) is 5.26. The number of nitrogens with one attached hydrogen (secondary N) is 1. The monoisotopic (exact) mass is 286 g/mol. The molecular weight excluding hydrogens is 264 g/mol. The Morgan fingerprint density at radius 2 is 2.05 bits per heavy atom. The van der Waals surface area contributed by atoms with E-state index in [-0.39, 0.29) is 5.91 Å². The highest BCUT2D eigenvalue weighted by Gasteiger charge is 2.20. The molecular formula is C17H22N2O2. The number of para-hydroxylation sites is 1. The van der Waals surface area contributed by atoms with Crippen molar-refractivity contribution in [2.75, 3.05) is 5.32 Å². The molecule has 0 aliphatic rings. The highest BCUT2D eigenvalue weighted by molar-refractivity contribution is 6.06. The highest BCUT2D eigenvalue weighted by Crippen LogP contribution is 2.27. The van der Waals surface area contributed by atoms with Gasteiger partial charge in [0.25, 0.3) is 5.91 Å². The molecule has 1 aromatic heterocycles. The van der Waals surface area contributed by atoms with Crippen LogP contribution in [0.1, 0.15) is 60.5 Å². The number of rotatable bonds is 5. The van der Waals surface area contributed by atoms with Crippen LogP contribution in [0.15, 0.2) is 28.8 Å². The standard InChI is InChI=1S/C17H22N2O2/c1-5-11(3)13-9-7-8-10-15(13)18-17(20)16-12(4)21-19-14(16)6-2/h7-11H,5-6H2,1-4H3,(H,18,20)/t11-/m1/s1. The Hall–Kier alpha value is -2.10. The fourth-order valence-electron chi connectivity index (χ4n) is 2.40. The number of amides is 1. The van der Waals surface area contributed by atoms with Gasteiger partial charge in [-0.1, -0.05) is 44.1 Å². The third kappa shape index (κ3) is 3.15. The summed E-state index contributed by atoms with van der Waals surface area (Å²) in [5.74, 6) is 0.808. The van der Waals surface area contributed by atoms with Crippen LogP contribution >= 0.6 is 0 Å². The van der Waals surface area contributed by atoms with Gasteiger partial charge in [-0.15, -0.1) is 0 Å². The molecule has 1 heterocycles. The second kappa shape index (κ2) is 6.57. The van der Waals surface area contributed by atoms with Crippen molar-refractivity contribution >= 4 is 11.6 Å². The zero-order valence-corrected chi connectivity index (χ0v) is 13.1. The largest absolute Gasteiger partial charge is 0.361 e. The van der Waals surface area contributed by atoms with Crippen LogP contribution in [0.4, 0.5) is 5.69 Å². The van der Waals surface area contributed by atoms with Crippen molar-refractivity contribution in [3.05, 3.63) is 46.8 Å². The molecule has 4 nitrogen and oxygen atoms in total. The van der Waals surface area contributed by atoms with E-state index in [9.17, 15) is 4.79 Å². The van der Waals surface area contributed by atoms with Crippen LogP contribution in [-0.4, -0.2) is 11.1 Å². The summed E-state index contributed by atoms with van der Waals surface area (Å²) in [4.78, 5) is 12.5. The van der Waals surface area contributed by atoms with E-state index in [0.717, 1.165) is 17.7 Å². The van der Waals surface area contributed by atoms with E-state index in [4.69, 9.17) is 4.52 Å². The van der Waals surface area contributed by atoms with Gasteiger partial charge in [0.15, 0.2) is 0 Å². The summed E-state index contributed by atoms with van der Waals surface area (Å²) in [7, 11) is 0. The predicted octanol–water partition coefficient (Wildman–Crippen LogP) is 4.31. The van der Waals surface area contributed by atoms with E-state index >= 15 is 0 Å². The van der Waals surface area contributed by atoms with Crippen molar-refractivity contribution < 1.29 is 9.32 Å². The van der Waals surface area contributed by atoms with Gasteiger partial charge in [0.2, 0.25) is 0 Å². The Morgan fingerprint density at radius 1 is 1.33 bits per heavy atom. The molecule has 1 aromatic carbocycles. The van der Waals surface area contributed by atoms with Crippen LogP contribution in [0, 0.1) is 6.92 Å². The minimum Gasteiger partial charge on any atom is -0.361 e. The first-order valence-corrected chi connectivity index (χ1v) is 7.43. The fourth-order valence-corrected chi connectivity index (χ4v) is 2.40. The Morgan fingerprint density at radius 3 is 2.71 bits per heavy atom. The number of benzene rings is 1. The van der Waals surface area contributed by atoms with Crippen LogP contribution in [0.3, 0.4) is 0 Å². The molecule has 0 aliphatic heterocycles. The first-order chi connectivity index (χ1) is 10.1. The molecule has 0 radical (unpaired) electrons. The van der Waals surface area contributed by atoms with Crippen LogP contribution in [-0.2, 0) is 6.42 Å². The van der Waals surface area contributed by atoms with Gasteiger partial charge >= 0.3 is 0 Å². The molecule has 2 aromatic rings. The minimum atomic E-state index is -0.152.